The first kappa shape index (κ1) is 29.4. The van der Waals surface area contributed by atoms with Crippen molar-refractivity contribution in [1.29, 1.82) is 0 Å². The molecule has 1 saturated heterocycles. The first-order valence-corrected chi connectivity index (χ1v) is 15.8. The van der Waals surface area contributed by atoms with Crippen molar-refractivity contribution in [3.63, 3.8) is 0 Å². The Balaban J connectivity index is 1.12. The van der Waals surface area contributed by atoms with E-state index in [-0.39, 0.29) is 18.4 Å². The minimum atomic E-state index is -0.172. The van der Waals surface area contributed by atoms with E-state index < -0.39 is 0 Å². The van der Waals surface area contributed by atoms with Crippen LogP contribution in [0.15, 0.2) is 87.1 Å². The van der Waals surface area contributed by atoms with Gasteiger partial charge in [0.2, 0.25) is 5.91 Å². The van der Waals surface area contributed by atoms with Crippen LogP contribution in [0.25, 0.3) is 6.08 Å². The summed E-state index contributed by atoms with van der Waals surface area (Å²) in [6.07, 6.45) is 6.36. The average molecular weight is 635 g/mol. The Morgan fingerprint density at radius 2 is 1.83 bits per heavy atom. The number of fused-ring (bicyclic) bond motifs is 1. The number of carbonyl (C=O) groups excluding carboxylic acids is 2. The maximum Gasteiger partial charge on any atom is 0.265 e. The summed E-state index contributed by atoms with van der Waals surface area (Å²) in [7, 11) is 1.62. The number of anilines is 1. The lowest BCUT2D eigenvalue weighted by molar-refractivity contribution is -0.122. The summed E-state index contributed by atoms with van der Waals surface area (Å²) < 4.78 is 6.14. The Labute approximate surface area is 255 Å². The molecule has 2 heterocycles. The molecule has 0 aliphatic carbocycles. The maximum atomic E-state index is 13.5. The molecular weight excluding hydrogens is 598 g/mol. The summed E-state index contributed by atoms with van der Waals surface area (Å²) in [5, 5.41) is 3.04. The van der Waals surface area contributed by atoms with E-state index in [2.05, 4.69) is 56.5 Å². The largest absolute Gasteiger partial charge is 0.496 e. The molecule has 2 aliphatic rings. The van der Waals surface area contributed by atoms with Gasteiger partial charge in [-0.05, 0) is 109 Å². The van der Waals surface area contributed by atoms with Crippen molar-refractivity contribution in [2.45, 2.75) is 30.6 Å². The number of para-hydroxylation sites is 1. The smallest absolute Gasteiger partial charge is 0.265 e. The fourth-order valence-corrected chi connectivity index (χ4v) is 7.05. The zero-order chi connectivity index (χ0) is 28.6. The summed E-state index contributed by atoms with van der Waals surface area (Å²) in [5.41, 5.74) is 3.07. The highest BCUT2D eigenvalue weighted by Gasteiger charge is 2.30. The molecule has 1 N–H and O–H groups in total. The number of hydrogen-bond acceptors (Lipinski definition) is 5. The number of nitrogens with zero attached hydrogens (tertiary/aromatic N) is 2. The van der Waals surface area contributed by atoms with Crippen molar-refractivity contribution in [2.24, 2.45) is 5.92 Å². The Hall–Kier alpha value is -3.07. The summed E-state index contributed by atoms with van der Waals surface area (Å²) >= 11 is 4.95. The van der Waals surface area contributed by atoms with Crippen LogP contribution in [0.5, 0.6) is 5.75 Å². The van der Waals surface area contributed by atoms with Crippen molar-refractivity contribution in [3.05, 3.63) is 93.3 Å². The lowest BCUT2D eigenvalue weighted by atomic mass is 9.90. The lowest BCUT2D eigenvalue weighted by Crippen LogP contribution is -2.43. The average Bonchev–Trinajstić information content (AvgIpc) is 2.99. The van der Waals surface area contributed by atoms with Gasteiger partial charge in [0.15, 0.2) is 0 Å². The maximum absolute atomic E-state index is 13.5. The van der Waals surface area contributed by atoms with Gasteiger partial charge in [0.1, 0.15) is 12.3 Å². The zero-order valence-electron chi connectivity index (χ0n) is 23.4. The summed E-state index contributed by atoms with van der Waals surface area (Å²) in [5.74, 6) is 1.16. The molecule has 6 nitrogen and oxygen atoms in total. The van der Waals surface area contributed by atoms with Gasteiger partial charge in [0, 0.05) is 11.4 Å². The molecule has 8 heteroatoms. The van der Waals surface area contributed by atoms with Crippen molar-refractivity contribution in [2.75, 3.05) is 44.7 Å². The van der Waals surface area contributed by atoms with E-state index in [9.17, 15) is 9.59 Å². The second-order valence-electron chi connectivity index (χ2n) is 10.5. The highest BCUT2D eigenvalue weighted by molar-refractivity contribution is 9.10. The SMILES string of the molecule is COc1ccc(C=C2Sc3ccccc3N(CC(=O)NCCCN3CCC(Cc4ccccc4)CC3)C2=O)cc1Br. The molecule has 0 saturated carbocycles. The third-order valence-electron chi connectivity index (χ3n) is 7.65. The fourth-order valence-electron chi connectivity index (χ4n) is 5.43. The number of nitrogens with one attached hydrogen (secondary N) is 1. The van der Waals surface area contributed by atoms with Gasteiger partial charge in [-0.15, -0.1) is 0 Å². The molecule has 0 unspecified atom stereocenters. The first-order chi connectivity index (χ1) is 20.0. The van der Waals surface area contributed by atoms with Gasteiger partial charge >= 0.3 is 0 Å². The number of methoxy groups -OCH3 is 1. The third kappa shape index (κ3) is 7.82. The Morgan fingerprint density at radius 1 is 1.07 bits per heavy atom. The van der Waals surface area contributed by atoms with Crippen LogP contribution in [-0.4, -0.2) is 56.5 Å². The Bertz CT molecular complexity index is 1390. The second kappa shape index (κ2) is 14.2. The van der Waals surface area contributed by atoms with Crippen LogP contribution in [0.3, 0.4) is 0 Å². The molecule has 214 valence electrons. The molecular formula is C33H36BrN3O3S. The summed E-state index contributed by atoms with van der Waals surface area (Å²) in [6, 6.07) is 24.2. The monoisotopic (exact) mass is 633 g/mol. The van der Waals surface area contributed by atoms with E-state index >= 15 is 0 Å². The Kier molecular flexibility index (Phi) is 10.2. The van der Waals surface area contributed by atoms with E-state index in [0.29, 0.717) is 11.4 Å². The topological polar surface area (TPSA) is 61.9 Å². The molecule has 5 rings (SSSR count). The van der Waals surface area contributed by atoms with E-state index in [1.165, 1.54) is 30.2 Å². The van der Waals surface area contributed by atoms with Crippen LogP contribution in [0, 0.1) is 5.92 Å². The second-order valence-corrected chi connectivity index (χ2v) is 12.5. The van der Waals surface area contributed by atoms with Crippen LogP contribution in [-0.2, 0) is 16.0 Å². The molecule has 0 aromatic heterocycles. The van der Waals surface area contributed by atoms with Crippen molar-refractivity contribution in [3.8, 4) is 5.75 Å². The number of hydrogen-bond donors (Lipinski definition) is 1. The molecule has 1 fully saturated rings. The standard InChI is InChI=1S/C33H36BrN3O3S/c1-40-29-13-12-26(21-27(29)34)22-31-33(39)37(28-10-5-6-11-30(28)41-31)23-32(38)35-16-7-17-36-18-14-25(15-19-36)20-24-8-3-2-4-9-24/h2-6,8-13,21-22,25H,7,14-20,23H2,1H3,(H,35,38). The molecule has 0 radical (unpaired) electrons. The quantitative estimate of drug-likeness (QED) is 0.207. The molecule has 3 aromatic carbocycles. The lowest BCUT2D eigenvalue weighted by Gasteiger charge is -2.32. The van der Waals surface area contributed by atoms with E-state index in [0.717, 1.165) is 64.8 Å². The fraction of sp³-hybridized carbons (Fsp3) is 0.333. The van der Waals surface area contributed by atoms with Gasteiger partial charge in [-0.3, -0.25) is 14.5 Å². The summed E-state index contributed by atoms with van der Waals surface area (Å²) in [4.78, 5) is 32.1. The number of likely N-dealkylation sites (tertiary alicyclic amines) is 1. The Morgan fingerprint density at radius 3 is 2.59 bits per heavy atom. The van der Waals surface area contributed by atoms with Crippen molar-refractivity contribution >= 4 is 51.3 Å². The zero-order valence-corrected chi connectivity index (χ0v) is 25.8. The third-order valence-corrected chi connectivity index (χ3v) is 9.35. The van der Waals surface area contributed by atoms with E-state index in [4.69, 9.17) is 4.74 Å². The molecule has 2 aliphatic heterocycles. The van der Waals surface area contributed by atoms with Crippen LogP contribution in [0.2, 0.25) is 0 Å². The molecule has 0 spiro atoms. The number of benzene rings is 3. The number of thioether (sulfide) groups is 1. The van der Waals surface area contributed by atoms with Crippen LogP contribution in [0.4, 0.5) is 5.69 Å². The predicted octanol–water partition coefficient (Wildman–Crippen LogP) is 6.40. The molecule has 2 amide bonds. The predicted molar refractivity (Wildman–Crippen MR) is 170 cm³/mol. The van der Waals surface area contributed by atoms with Crippen molar-refractivity contribution in [1.82, 2.24) is 10.2 Å². The number of ether oxygens (including phenoxy) is 1. The van der Waals surface area contributed by atoms with E-state index in [1.807, 2.05) is 48.5 Å². The molecule has 0 bridgehead atoms. The van der Waals surface area contributed by atoms with Gasteiger partial charge < -0.3 is 15.0 Å². The van der Waals surface area contributed by atoms with E-state index in [1.54, 1.807) is 12.0 Å². The first-order valence-electron chi connectivity index (χ1n) is 14.2. The minimum Gasteiger partial charge on any atom is -0.496 e. The highest BCUT2D eigenvalue weighted by Crippen LogP contribution is 2.42. The number of carbonyl (C=O) groups is 2. The van der Waals surface area contributed by atoms with Crippen LogP contribution in [0.1, 0.15) is 30.4 Å². The van der Waals surface area contributed by atoms with Crippen LogP contribution >= 0.6 is 27.7 Å². The van der Waals surface area contributed by atoms with Crippen LogP contribution < -0.4 is 15.0 Å². The number of rotatable bonds is 10. The number of amides is 2. The molecule has 3 aromatic rings. The van der Waals surface area contributed by atoms with Gasteiger partial charge in [0.05, 0.1) is 22.2 Å². The van der Waals surface area contributed by atoms with Gasteiger partial charge in [0.25, 0.3) is 5.91 Å². The number of piperidine rings is 1. The molecule has 41 heavy (non-hydrogen) atoms. The van der Waals surface area contributed by atoms with Gasteiger partial charge in [-0.2, -0.15) is 0 Å². The molecule has 0 atom stereocenters. The van der Waals surface area contributed by atoms with Gasteiger partial charge in [-0.25, -0.2) is 0 Å². The van der Waals surface area contributed by atoms with Crippen molar-refractivity contribution < 1.29 is 14.3 Å². The number of halogens is 1. The normalized spacial score (nSPS) is 17.0. The minimum absolute atomic E-state index is 0.00899. The summed E-state index contributed by atoms with van der Waals surface area (Å²) in [6.45, 7) is 3.80. The highest BCUT2D eigenvalue weighted by atomic mass is 79.9. The van der Waals surface area contributed by atoms with Gasteiger partial charge in [-0.1, -0.05) is 60.3 Å².